The number of halogens is 2. The van der Waals surface area contributed by atoms with Gasteiger partial charge in [0.2, 0.25) is 15.8 Å². The number of carbonyl (C=O) groups is 2. The van der Waals surface area contributed by atoms with Gasteiger partial charge >= 0.3 is 5.97 Å². The number of hydrogen-bond donors (Lipinski definition) is 0. The van der Waals surface area contributed by atoms with Gasteiger partial charge in [0.15, 0.2) is 6.61 Å². The molecule has 1 aliphatic heterocycles. The maximum Gasteiger partial charge on any atom is 0.338 e. The normalized spacial score (nSPS) is 15.1. The minimum atomic E-state index is -3.58. The van der Waals surface area contributed by atoms with Crippen LogP contribution in [0.3, 0.4) is 0 Å². The van der Waals surface area contributed by atoms with Crippen LogP contribution in [0, 0.1) is 0 Å². The predicted octanol–water partition coefficient (Wildman–Crippen LogP) is 4.21. The van der Waals surface area contributed by atoms with Crippen LogP contribution < -0.4 is 0 Å². The average molecular weight is 456 g/mol. The predicted molar refractivity (Wildman–Crippen MR) is 110 cm³/mol. The van der Waals surface area contributed by atoms with Crippen molar-refractivity contribution in [1.29, 1.82) is 0 Å². The number of hydrogen-bond acceptors (Lipinski definition) is 5. The third kappa shape index (κ3) is 5.17. The average Bonchev–Trinajstić information content (AvgIpc) is 2.74. The van der Waals surface area contributed by atoms with Crippen LogP contribution in [0.25, 0.3) is 0 Å². The molecule has 0 amide bonds. The van der Waals surface area contributed by atoms with Crippen molar-refractivity contribution >= 4 is 45.0 Å². The summed E-state index contributed by atoms with van der Waals surface area (Å²) in [6, 6.07) is 9.92. The Bertz CT molecular complexity index is 1020. The van der Waals surface area contributed by atoms with Crippen LogP contribution in [0.1, 0.15) is 40.0 Å². The van der Waals surface area contributed by atoms with E-state index in [0.29, 0.717) is 18.1 Å². The maximum atomic E-state index is 12.6. The van der Waals surface area contributed by atoms with E-state index >= 15 is 0 Å². The summed E-state index contributed by atoms with van der Waals surface area (Å²) in [5, 5.41) is 0.553. The molecule has 0 spiro atoms. The first-order valence-electron chi connectivity index (χ1n) is 9.04. The molecule has 0 radical (unpaired) electrons. The van der Waals surface area contributed by atoms with Gasteiger partial charge in [-0.1, -0.05) is 29.6 Å². The number of piperidine rings is 1. The molecule has 0 atom stereocenters. The summed E-state index contributed by atoms with van der Waals surface area (Å²) >= 11 is 11.8. The Balaban J connectivity index is 1.64. The fourth-order valence-electron chi connectivity index (χ4n) is 3.02. The molecule has 0 unspecified atom stereocenters. The Morgan fingerprint density at radius 3 is 2.28 bits per heavy atom. The highest BCUT2D eigenvalue weighted by Gasteiger charge is 2.26. The lowest BCUT2D eigenvalue weighted by atomic mass is 10.1. The van der Waals surface area contributed by atoms with Crippen LogP contribution in [0.5, 0.6) is 0 Å². The lowest BCUT2D eigenvalue weighted by molar-refractivity contribution is 0.0474. The molecule has 0 bridgehead atoms. The highest BCUT2D eigenvalue weighted by Crippen LogP contribution is 2.22. The zero-order valence-electron chi connectivity index (χ0n) is 15.4. The van der Waals surface area contributed by atoms with Crippen molar-refractivity contribution in [2.45, 2.75) is 24.2 Å². The molecule has 1 heterocycles. The van der Waals surface area contributed by atoms with Crippen molar-refractivity contribution < 1.29 is 22.7 Å². The molecule has 2 aromatic carbocycles. The van der Waals surface area contributed by atoms with Gasteiger partial charge in [-0.15, -0.1) is 0 Å². The molecule has 9 heteroatoms. The lowest BCUT2D eigenvalue weighted by Gasteiger charge is -2.25. The molecule has 0 aliphatic carbocycles. The Morgan fingerprint density at radius 1 is 0.966 bits per heavy atom. The van der Waals surface area contributed by atoms with Crippen molar-refractivity contribution in [3.8, 4) is 0 Å². The monoisotopic (exact) mass is 455 g/mol. The SMILES string of the molecule is O=C(OCC(=O)c1cc(Cl)ccc1Cl)c1ccc(S(=O)(=O)N2CCCCC2)cc1. The van der Waals surface area contributed by atoms with E-state index in [4.69, 9.17) is 27.9 Å². The van der Waals surface area contributed by atoms with Crippen molar-refractivity contribution in [3.63, 3.8) is 0 Å². The molecule has 1 saturated heterocycles. The number of sulfonamides is 1. The number of Topliss-reactive ketones (excluding diaryl/α,β-unsaturated/α-hetero) is 1. The highest BCUT2D eigenvalue weighted by atomic mass is 35.5. The second-order valence-electron chi connectivity index (χ2n) is 6.61. The fraction of sp³-hybridized carbons (Fsp3) is 0.300. The first-order valence-corrected chi connectivity index (χ1v) is 11.2. The molecule has 29 heavy (non-hydrogen) atoms. The number of ether oxygens (including phenoxy) is 1. The van der Waals surface area contributed by atoms with E-state index in [0.717, 1.165) is 19.3 Å². The van der Waals surface area contributed by atoms with E-state index in [1.807, 2.05) is 0 Å². The minimum Gasteiger partial charge on any atom is -0.454 e. The molecule has 0 aromatic heterocycles. The molecule has 6 nitrogen and oxygen atoms in total. The van der Waals surface area contributed by atoms with Crippen molar-refractivity contribution in [2.24, 2.45) is 0 Å². The van der Waals surface area contributed by atoms with Crippen molar-refractivity contribution in [3.05, 3.63) is 63.6 Å². The van der Waals surface area contributed by atoms with Gasteiger partial charge in [-0.2, -0.15) is 4.31 Å². The van der Waals surface area contributed by atoms with Gasteiger partial charge in [0, 0.05) is 23.7 Å². The maximum absolute atomic E-state index is 12.6. The molecule has 1 aliphatic rings. The summed E-state index contributed by atoms with van der Waals surface area (Å²) < 4.78 is 31.8. The summed E-state index contributed by atoms with van der Waals surface area (Å²) in [6.07, 6.45) is 2.71. The number of benzene rings is 2. The van der Waals surface area contributed by atoms with Crippen LogP contribution in [0.15, 0.2) is 47.4 Å². The largest absolute Gasteiger partial charge is 0.454 e. The van der Waals surface area contributed by atoms with Crippen LogP contribution in [0.4, 0.5) is 0 Å². The number of carbonyl (C=O) groups excluding carboxylic acids is 2. The summed E-state index contributed by atoms with van der Waals surface area (Å²) in [4.78, 5) is 24.5. The van der Waals surface area contributed by atoms with E-state index in [1.54, 1.807) is 6.07 Å². The molecule has 154 valence electrons. The molecule has 3 rings (SSSR count). The van der Waals surface area contributed by atoms with Gasteiger partial charge in [-0.25, -0.2) is 13.2 Å². The van der Waals surface area contributed by atoms with E-state index < -0.39 is 28.4 Å². The summed E-state index contributed by atoms with van der Waals surface area (Å²) in [5.74, 6) is -1.23. The van der Waals surface area contributed by atoms with E-state index in [2.05, 4.69) is 0 Å². The van der Waals surface area contributed by atoms with Crippen molar-refractivity contribution in [2.75, 3.05) is 19.7 Å². The topological polar surface area (TPSA) is 80.8 Å². The Hall–Kier alpha value is -1.93. The Kier molecular flexibility index (Phi) is 6.95. The Labute approximate surface area is 179 Å². The molecular formula is C20H19Cl2NO5S. The number of ketones is 1. The van der Waals surface area contributed by atoms with Crippen LogP contribution >= 0.6 is 23.2 Å². The van der Waals surface area contributed by atoms with E-state index in [9.17, 15) is 18.0 Å². The minimum absolute atomic E-state index is 0.123. The van der Waals surface area contributed by atoms with Gasteiger partial charge in [0.1, 0.15) is 0 Å². The van der Waals surface area contributed by atoms with Gasteiger partial charge in [0.05, 0.1) is 15.5 Å². The van der Waals surface area contributed by atoms with Gasteiger partial charge in [-0.05, 0) is 55.3 Å². The van der Waals surface area contributed by atoms with Gasteiger partial charge in [0.25, 0.3) is 0 Å². The molecule has 2 aromatic rings. The quantitative estimate of drug-likeness (QED) is 0.481. The molecule has 0 saturated carbocycles. The summed E-state index contributed by atoms with van der Waals surface area (Å²) in [7, 11) is -3.58. The number of esters is 1. The van der Waals surface area contributed by atoms with Gasteiger partial charge in [-0.3, -0.25) is 4.79 Å². The third-order valence-corrected chi connectivity index (χ3v) is 7.08. The third-order valence-electron chi connectivity index (χ3n) is 4.61. The number of rotatable bonds is 6. The summed E-state index contributed by atoms with van der Waals surface area (Å²) in [6.45, 7) is 0.493. The Morgan fingerprint density at radius 2 is 1.62 bits per heavy atom. The fourth-order valence-corrected chi connectivity index (χ4v) is 4.93. The summed E-state index contributed by atoms with van der Waals surface area (Å²) in [5.41, 5.74) is 0.308. The van der Waals surface area contributed by atoms with Crippen LogP contribution in [0.2, 0.25) is 10.0 Å². The standard InChI is InChI=1S/C20H19Cl2NO5S/c21-15-6-9-18(22)17(12-15)19(24)13-28-20(25)14-4-7-16(8-5-14)29(26,27)23-10-2-1-3-11-23/h4-9,12H,1-3,10-11,13H2. The zero-order chi connectivity index (χ0) is 21.0. The second-order valence-corrected chi connectivity index (χ2v) is 9.39. The first kappa shape index (κ1) is 21.8. The van der Waals surface area contributed by atoms with Crippen LogP contribution in [-0.4, -0.2) is 44.2 Å². The highest BCUT2D eigenvalue weighted by molar-refractivity contribution is 7.89. The van der Waals surface area contributed by atoms with E-state index in [1.165, 1.54) is 40.7 Å². The van der Waals surface area contributed by atoms with E-state index in [-0.39, 0.29) is 21.0 Å². The lowest BCUT2D eigenvalue weighted by Crippen LogP contribution is -2.35. The van der Waals surface area contributed by atoms with Gasteiger partial charge < -0.3 is 4.74 Å². The number of nitrogens with zero attached hydrogens (tertiary/aromatic N) is 1. The van der Waals surface area contributed by atoms with Crippen LogP contribution in [-0.2, 0) is 14.8 Å². The zero-order valence-corrected chi connectivity index (χ0v) is 17.8. The first-order chi connectivity index (χ1) is 13.8. The second kappa shape index (κ2) is 9.26. The van der Waals surface area contributed by atoms with Crippen molar-refractivity contribution in [1.82, 2.24) is 4.31 Å². The molecular weight excluding hydrogens is 437 g/mol. The molecule has 1 fully saturated rings. The smallest absolute Gasteiger partial charge is 0.338 e. The molecule has 0 N–H and O–H groups in total.